The summed E-state index contributed by atoms with van der Waals surface area (Å²) in [5.74, 6) is -2.00. The molecular weight excluding hydrogens is 460 g/mol. The number of rotatable bonds is 5. The number of nitrogens with one attached hydrogen (secondary N) is 1. The molecule has 1 amide bonds. The number of halogens is 1. The van der Waals surface area contributed by atoms with Gasteiger partial charge in [-0.05, 0) is 30.7 Å². The van der Waals surface area contributed by atoms with Crippen LogP contribution < -0.4 is 15.8 Å². The van der Waals surface area contributed by atoms with Crippen molar-refractivity contribution in [1.29, 1.82) is 0 Å². The van der Waals surface area contributed by atoms with E-state index in [1.807, 2.05) is 0 Å². The van der Waals surface area contributed by atoms with Gasteiger partial charge in [0.1, 0.15) is 5.75 Å². The minimum atomic E-state index is -0.909. The second-order valence-corrected chi connectivity index (χ2v) is 7.99. The van der Waals surface area contributed by atoms with Gasteiger partial charge in [-0.15, -0.1) is 0 Å². The molecule has 9 heteroatoms. The maximum absolute atomic E-state index is 13.0. The largest absolute Gasteiger partial charge is 0.495 e. The van der Waals surface area contributed by atoms with Crippen molar-refractivity contribution in [2.75, 3.05) is 24.8 Å². The fourth-order valence-electron chi connectivity index (χ4n) is 3.72. The number of amides is 1. The molecule has 1 aliphatic rings. The minimum absolute atomic E-state index is 0.0519. The minimum Gasteiger partial charge on any atom is -0.495 e. The number of esters is 1. The molecule has 4 rings (SSSR count). The second kappa shape index (κ2) is 8.99. The fraction of sp³-hybridized carbons (Fsp3) is 0.120. The van der Waals surface area contributed by atoms with E-state index in [-0.39, 0.29) is 39.3 Å². The number of fused-ring (bicyclic) bond motifs is 2. The van der Waals surface area contributed by atoms with Crippen LogP contribution in [0.15, 0.2) is 48.5 Å². The average molecular weight is 479 g/mol. The number of methoxy groups -OCH3 is 1. The summed E-state index contributed by atoms with van der Waals surface area (Å²) in [6.07, 6.45) is 0. The molecule has 0 aromatic heterocycles. The van der Waals surface area contributed by atoms with E-state index in [4.69, 9.17) is 26.8 Å². The summed E-state index contributed by atoms with van der Waals surface area (Å²) in [5, 5.41) is 3.07. The first-order valence-electron chi connectivity index (χ1n) is 10.1. The number of anilines is 2. The summed E-state index contributed by atoms with van der Waals surface area (Å²) in [4.78, 5) is 50.7. The van der Waals surface area contributed by atoms with Crippen molar-refractivity contribution >= 4 is 46.4 Å². The lowest BCUT2D eigenvalue weighted by Gasteiger charge is -2.20. The Bertz CT molecular complexity index is 1380. The standard InChI is InChI=1S/C25H19ClN2O6/c1-12-9-18(19(33-2)10-17(12)26)28-20(29)11-34-25(32)16-8-7-15-21(22(16)27)24(31)14-6-4-3-5-13(14)23(15)30/h3-10H,11,27H2,1-2H3,(H,28,29). The summed E-state index contributed by atoms with van der Waals surface area (Å²) in [6, 6.07) is 12.2. The smallest absolute Gasteiger partial charge is 0.340 e. The predicted octanol–water partition coefficient (Wildman–Crippen LogP) is 3.81. The van der Waals surface area contributed by atoms with Gasteiger partial charge >= 0.3 is 5.97 Å². The number of ether oxygens (including phenoxy) is 2. The zero-order chi connectivity index (χ0) is 24.6. The molecule has 34 heavy (non-hydrogen) atoms. The van der Waals surface area contributed by atoms with Crippen molar-refractivity contribution in [3.05, 3.63) is 86.9 Å². The molecule has 0 fully saturated rings. The number of nitrogens with two attached hydrogens (primary N) is 1. The molecule has 0 unspecified atom stereocenters. The van der Waals surface area contributed by atoms with Crippen molar-refractivity contribution in [3.63, 3.8) is 0 Å². The zero-order valence-corrected chi connectivity index (χ0v) is 19.0. The van der Waals surface area contributed by atoms with E-state index in [2.05, 4.69) is 5.32 Å². The van der Waals surface area contributed by atoms with Crippen LogP contribution in [0.3, 0.4) is 0 Å². The molecule has 0 radical (unpaired) electrons. The van der Waals surface area contributed by atoms with E-state index < -0.39 is 24.3 Å². The lowest BCUT2D eigenvalue weighted by atomic mass is 9.82. The van der Waals surface area contributed by atoms with E-state index >= 15 is 0 Å². The van der Waals surface area contributed by atoms with E-state index in [1.165, 1.54) is 25.3 Å². The van der Waals surface area contributed by atoms with Crippen LogP contribution in [-0.4, -0.2) is 37.2 Å². The molecule has 0 atom stereocenters. The van der Waals surface area contributed by atoms with Crippen molar-refractivity contribution in [2.45, 2.75) is 6.92 Å². The number of ketones is 2. The number of nitrogen functional groups attached to an aromatic ring is 1. The molecule has 172 valence electrons. The molecule has 3 aromatic rings. The molecule has 0 bridgehead atoms. The molecule has 0 spiro atoms. The third kappa shape index (κ3) is 3.99. The summed E-state index contributed by atoms with van der Waals surface area (Å²) in [7, 11) is 1.43. The van der Waals surface area contributed by atoms with Crippen LogP contribution in [0, 0.1) is 6.92 Å². The summed E-state index contributed by atoms with van der Waals surface area (Å²) < 4.78 is 10.3. The Balaban J connectivity index is 1.52. The van der Waals surface area contributed by atoms with Crippen molar-refractivity contribution < 1.29 is 28.7 Å². The van der Waals surface area contributed by atoms with E-state index in [1.54, 1.807) is 37.3 Å². The first-order valence-corrected chi connectivity index (χ1v) is 10.5. The lowest BCUT2D eigenvalue weighted by Crippen LogP contribution is -2.25. The maximum Gasteiger partial charge on any atom is 0.340 e. The maximum atomic E-state index is 13.0. The van der Waals surface area contributed by atoms with Crippen molar-refractivity contribution in [1.82, 2.24) is 0 Å². The Morgan fingerprint density at radius 2 is 1.68 bits per heavy atom. The number of benzene rings is 3. The van der Waals surface area contributed by atoms with Gasteiger partial charge in [-0.1, -0.05) is 35.9 Å². The molecule has 3 aromatic carbocycles. The molecular formula is C25H19ClN2O6. The zero-order valence-electron chi connectivity index (χ0n) is 18.2. The lowest BCUT2D eigenvalue weighted by molar-refractivity contribution is -0.119. The van der Waals surface area contributed by atoms with Crippen LogP contribution in [0.1, 0.15) is 47.8 Å². The Labute approximate surface area is 199 Å². The quantitative estimate of drug-likeness (QED) is 0.330. The normalized spacial score (nSPS) is 12.0. The van der Waals surface area contributed by atoms with Crippen LogP contribution in [0.5, 0.6) is 5.75 Å². The van der Waals surface area contributed by atoms with Gasteiger partial charge in [0, 0.05) is 27.8 Å². The third-order valence-corrected chi connectivity index (χ3v) is 5.85. The van der Waals surface area contributed by atoms with Gasteiger partial charge < -0.3 is 20.5 Å². The van der Waals surface area contributed by atoms with Crippen LogP contribution in [0.4, 0.5) is 11.4 Å². The van der Waals surface area contributed by atoms with Gasteiger partial charge in [-0.3, -0.25) is 14.4 Å². The van der Waals surface area contributed by atoms with Crippen LogP contribution in [0.2, 0.25) is 5.02 Å². The highest BCUT2D eigenvalue weighted by atomic mass is 35.5. The highest BCUT2D eigenvalue weighted by Gasteiger charge is 2.33. The van der Waals surface area contributed by atoms with Crippen LogP contribution in [0.25, 0.3) is 0 Å². The second-order valence-electron chi connectivity index (χ2n) is 7.58. The van der Waals surface area contributed by atoms with Crippen LogP contribution >= 0.6 is 11.6 Å². The van der Waals surface area contributed by atoms with E-state index in [0.717, 1.165) is 5.56 Å². The van der Waals surface area contributed by atoms with Gasteiger partial charge in [-0.25, -0.2) is 4.79 Å². The number of carbonyl (C=O) groups excluding carboxylic acids is 4. The number of aryl methyl sites for hydroxylation is 1. The Kier molecular flexibility index (Phi) is 6.08. The first-order chi connectivity index (χ1) is 16.2. The molecule has 1 aliphatic carbocycles. The average Bonchev–Trinajstić information content (AvgIpc) is 2.83. The fourth-order valence-corrected chi connectivity index (χ4v) is 3.87. The number of carbonyl (C=O) groups is 4. The molecule has 0 aliphatic heterocycles. The highest BCUT2D eigenvalue weighted by molar-refractivity contribution is 6.32. The Morgan fingerprint density at radius 3 is 2.35 bits per heavy atom. The number of hydrogen-bond donors (Lipinski definition) is 2. The van der Waals surface area contributed by atoms with Gasteiger partial charge in [0.25, 0.3) is 5.91 Å². The predicted molar refractivity (Wildman–Crippen MR) is 126 cm³/mol. The van der Waals surface area contributed by atoms with Gasteiger partial charge in [0.2, 0.25) is 0 Å². The molecule has 0 heterocycles. The molecule has 0 saturated heterocycles. The van der Waals surface area contributed by atoms with Gasteiger partial charge in [-0.2, -0.15) is 0 Å². The monoisotopic (exact) mass is 478 g/mol. The number of hydrogen-bond acceptors (Lipinski definition) is 7. The van der Waals surface area contributed by atoms with E-state index in [0.29, 0.717) is 16.5 Å². The molecule has 3 N–H and O–H groups in total. The highest BCUT2D eigenvalue weighted by Crippen LogP contribution is 2.33. The van der Waals surface area contributed by atoms with Crippen molar-refractivity contribution in [2.24, 2.45) is 0 Å². The SMILES string of the molecule is COc1cc(Cl)c(C)cc1NC(=O)COC(=O)c1ccc2c(c1N)C(=O)c1ccccc1C2=O. The summed E-state index contributed by atoms with van der Waals surface area (Å²) in [5.41, 5.74) is 7.45. The summed E-state index contributed by atoms with van der Waals surface area (Å²) in [6.45, 7) is 1.15. The summed E-state index contributed by atoms with van der Waals surface area (Å²) >= 11 is 6.07. The van der Waals surface area contributed by atoms with Gasteiger partial charge in [0.05, 0.1) is 29.6 Å². The van der Waals surface area contributed by atoms with Gasteiger partial charge in [0.15, 0.2) is 18.2 Å². The molecule has 0 saturated carbocycles. The molecule has 8 nitrogen and oxygen atoms in total. The van der Waals surface area contributed by atoms with E-state index in [9.17, 15) is 19.2 Å². The Morgan fingerprint density at radius 1 is 1.00 bits per heavy atom. The first kappa shape index (κ1) is 23.0. The van der Waals surface area contributed by atoms with Crippen LogP contribution in [-0.2, 0) is 9.53 Å². The third-order valence-electron chi connectivity index (χ3n) is 5.44. The topological polar surface area (TPSA) is 125 Å². The Hall–Kier alpha value is -4.17. The van der Waals surface area contributed by atoms with Crippen molar-refractivity contribution in [3.8, 4) is 5.75 Å².